The molecule has 0 aromatic heterocycles. The van der Waals surface area contributed by atoms with Crippen molar-refractivity contribution in [3.05, 3.63) is 35.9 Å². The van der Waals surface area contributed by atoms with Crippen LogP contribution in [0.5, 0.6) is 0 Å². The van der Waals surface area contributed by atoms with E-state index in [9.17, 15) is 4.79 Å². The van der Waals surface area contributed by atoms with Gasteiger partial charge in [0.25, 0.3) is 0 Å². The number of hydrogen-bond donors (Lipinski definition) is 1. The van der Waals surface area contributed by atoms with Gasteiger partial charge in [0.05, 0.1) is 25.9 Å². The van der Waals surface area contributed by atoms with E-state index in [1.54, 1.807) is 18.9 Å². The lowest BCUT2D eigenvalue weighted by Gasteiger charge is -2.24. The zero-order chi connectivity index (χ0) is 14.8. The van der Waals surface area contributed by atoms with E-state index in [1.165, 1.54) is 0 Å². The summed E-state index contributed by atoms with van der Waals surface area (Å²) in [5.74, 6) is -0.0656. The Morgan fingerprint density at radius 3 is 2.55 bits per heavy atom. The van der Waals surface area contributed by atoms with Gasteiger partial charge in [-0.1, -0.05) is 30.3 Å². The van der Waals surface area contributed by atoms with Crippen LogP contribution < -0.4 is 5.73 Å². The van der Waals surface area contributed by atoms with E-state index in [0.717, 1.165) is 5.56 Å². The van der Waals surface area contributed by atoms with Gasteiger partial charge in [0.2, 0.25) is 5.91 Å². The Bertz CT molecular complexity index is 382. The summed E-state index contributed by atoms with van der Waals surface area (Å²) in [6, 6.07) is 9.35. The zero-order valence-corrected chi connectivity index (χ0v) is 12.2. The van der Waals surface area contributed by atoms with Crippen molar-refractivity contribution in [1.29, 1.82) is 0 Å². The molecule has 0 saturated carbocycles. The molecule has 5 nitrogen and oxygen atoms in total. The summed E-state index contributed by atoms with van der Waals surface area (Å²) in [5, 5.41) is 0. The monoisotopic (exact) mass is 280 g/mol. The lowest BCUT2D eigenvalue weighted by Crippen LogP contribution is -2.43. The third-order valence-electron chi connectivity index (χ3n) is 2.85. The first-order chi connectivity index (χ1) is 9.65. The molecule has 0 saturated heterocycles. The molecule has 0 aliphatic heterocycles. The topological polar surface area (TPSA) is 64.8 Å². The summed E-state index contributed by atoms with van der Waals surface area (Å²) >= 11 is 0. The second kappa shape index (κ2) is 9.47. The normalized spacial score (nSPS) is 12.2. The number of methoxy groups -OCH3 is 1. The van der Waals surface area contributed by atoms with Crippen LogP contribution in [0.1, 0.15) is 12.5 Å². The lowest BCUT2D eigenvalue weighted by atomic mass is 10.2. The van der Waals surface area contributed by atoms with Crippen LogP contribution in [-0.4, -0.2) is 50.3 Å². The van der Waals surface area contributed by atoms with Crippen molar-refractivity contribution < 1.29 is 14.3 Å². The van der Waals surface area contributed by atoms with Crippen LogP contribution in [0.15, 0.2) is 30.3 Å². The fourth-order valence-corrected chi connectivity index (χ4v) is 1.78. The zero-order valence-electron chi connectivity index (χ0n) is 12.2. The lowest BCUT2D eigenvalue weighted by molar-refractivity contribution is -0.133. The molecule has 0 aliphatic carbocycles. The summed E-state index contributed by atoms with van der Waals surface area (Å²) in [7, 11) is 1.63. The molecule has 2 N–H and O–H groups in total. The van der Waals surface area contributed by atoms with Crippen LogP contribution in [0, 0.1) is 0 Å². The molecule has 0 radical (unpaired) electrons. The highest BCUT2D eigenvalue weighted by atomic mass is 16.5. The average molecular weight is 280 g/mol. The van der Waals surface area contributed by atoms with Crippen molar-refractivity contribution in [3.8, 4) is 0 Å². The first kappa shape index (κ1) is 16.6. The molecule has 0 spiro atoms. The van der Waals surface area contributed by atoms with E-state index in [0.29, 0.717) is 32.9 Å². The summed E-state index contributed by atoms with van der Waals surface area (Å²) in [6.07, 6.45) is 0. The van der Waals surface area contributed by atoms with Crippen LogP contribution in [0.4, 0.5) is 0 Å². The SMILES string of the molecule is COCCOCCN(Cc1ccccc1)C(=O)[C@H](C)N. The maximum atomic E-state index is 12.1. The van der Waals surface area contributed by atoms with Gasteiger partial charge < -0.3 is 20.1 Å². The fourth-order valence-electron chi connectivity index (χ4n) is 1.78. The Hall–Kier alpha value is -1.43. The van der Waals surface area contributed by atoms with Crippen molar-refractivity contribution >= 4 is 5.91 Å². The van der Waals surface area contributed by atoms with Gasteiger partial charge in [-0.25, -0.2) is 0 Å². The van der Waals surface area contributed by atoms with Gasteiger partial charge in [0.15, 0.2) is 0 Å². The molecule has 0 aliphatic rings. The number of hydrogen-bond acceptors (Lipinski definition) is 4. The van der Waals surface area contributed by atoms with Gasteiger partial charge in [-0.15, -0.1) is 0 Å². The summed E-state index contributed by atoms with van der Waals surface area (Å²) in [5.41, 5.74) is 6.77. The predicted molar refractivity (Wildman–Crippen MR) is 78.2 cm³/mol. The molecular formula is C15H24N2O3. The number of ether oxygens (including phenoxy) is 2. The summed E-state index contributed by atoms with van der Waals surface area (Å²) < 4.78 is 10.3. The minimum Gasteiger partial charge on any atom is -0.382 e. The first-order valence-electron chi connectivity index (χ1n) is 6.80. The van der Waals surface area contributed by atoms with Gasteiger partial charge in [0.1, 0.15) is 0 Å². The van der Waals surface area contributed by atoms with Gasteiger partial charge in [0, 0.05) is 20.2 Å². The number of benzene rings is 1. The molecule has 0 bridgehead atoms. The number of carbonyl (C=O) groups is 1. The molecule has 1 aromatic rings. The number of amides is 1. The van der Waals surface area contributed by atoms with E-state index >= 15 is 0 Å². The van der Waals surface area contributed by atoms with Crippen LogP contribution in [-0.2, 0) is 20.8 Å². The number of rotatable bonds is 9. The van der Waals surface area contributed by atoms with Crippen molar-refractivity contribution in [2.75, 3.05) is 33.5 Å². The highest BCUT2D eigenvalue weighted by Gasteiger charge is 2.17. The van der Waals surface area contributed by atoms with E-state index in [-0.39, 0.29) is 5.91 Å². The third-order valence-corrected chi connectivity index (χ3v) is 2.85. The van der Waals surface area contributed by atoms with Gasteiger partial charge >= 0.3 is 0 Å². The molecule has 0 heterocycles. The predicted octanol–water partition coefficient (Wildman–Crippen LogP) is 1.03. The van der Waals surface area contributed by atoms with Gasteiger partial charge in [-0.05, 0) is 12.5 Å². The Balaban J connectivity index is 2.50. The second-order valence-electron chi connectivity index (χ2n) is 4.64. The van der Waals surface area contributed by atoms with Crippen molar-refractivity contribution in [3.63, 3.8) is 0 Å². The van der Waals surface area contributed by atoms with Crippen LogP contribution in [0.3, 0.4) is 0 Å². The maximum Gasteiger partial charge on any atom is 0.239 e. The fraction of sp³-hybridized carbons (Fsp3) is 0.533. The quantitative estimate of drug-likeness (QED) is 0.686. The molecule has 1 aromatic carbocycles. The summed E-state index contributed by atoms with van der Waals surface area (Å²) in [6.45, 7) is 4.34. The molecule has 0 fully saturated rings. The second-order valence-corrected chi connectivity index (χ2v) is 4.64. The highest BCUT2D eigenvalue weighted by molar-refractivity contribution is 5.81. The minimum absolute atomic E-state index is 0.0656. The smallest absolute Gasteiger partial charge is 0.239 e. The van der Waals surface area contributed by atoms with Gasteiger partial charge in [-0.2, -0.15) is 0 Å². The molecule has 112 valence electrons. The molecule has 1 atom stereocenters. The number of nitrogens with two attached hydrogens (primary N) is 1. The Kier molecular flexibility index (Phi) is 7.87. The standard InChI is InChI=1S/C15H24N2O3/c1-13(16)15(18)17(8-9-20-11-10-19-2)12-14-6-4-3-5-7-14/h3-7,13H,8-12,16H2,1-2H3/t13-/m0/s1. The first-order valence-corrected chi connectivity index (χ1v) is 6.80. The number of carbonyl (C=O) groups excluding carboxylic acids is 1. The molecule has 1 rings (SSSR count). The van der Waals surface area contributed by atoms with E-state index in [1.807, 2.05) is 30.3 Å². The van der Waals surface area contributed by atoms with E-state index in [4.69, 9.17) is 15.2 Å². The Morgan fingerprint density at radius 1 is 1.25 bits per heavy atom. The van der Waals surface area contributed by atoms with Gasteiger partial charge in [-0.3, -0.25) is 4.79 Å². The maximum absolute atomic E-state index is 12.1. The van der Waals surface area contributed by atoms with Crippen LogP contribution in [0.2, 0.25) is 0 Å². The van der Waals surface area contributed by atoms with Crippen molar-refractivity contribution in [1.82, 2.24) is 4.90 Å². The molecular weight excluding hydrogens is 256 g/mol. The highest BCUT2D eigenvalue weighted by Crippen LogP contribution is 2.05. The molecule has 1 amide bonds. The van der Waals surface area contributed by atoms with Crippen LogP contribution in [0.25, 0.3) is 0 Å². The van der Waals surface area contributed by atoms with Crippen molar-refractivity contribution in [2.45, 2.75) is 19.5 Å². The molecule has 0 unspecified atom stereocenters. The Morgan fingerprint density at radius 2 is 1.95 bits per heavy atom. The number of nitrogens with zero attached hydrogens (tertiary/aromatic N) is 1. The minimum atomic E-state index is -0.502. The molecule has 20 heavy (non-hydrogen) atoms. The van der Waals surface area contributed by atoms with E-state index in [2.05, 4.69) is 0 Å². The third kappa shape index (κ3) is 6.14. The van der Waals surface area contributed by atoms with Crippen molar-refractivity contribution in [2.24, 2.45) is 5.73 Å². The summed E-state index contributed by atoms with van der Waals surface area (Å²) in [4.78, 5) is 13.8. The Labute approximate surface area is 120 Å². The van der Waals surface area contributed by atoms with Crippen LogP contribution >= 0.6 is 0 Å². The largest absolute Gasteiger partial charge is 0.382 e. The average Bonchev–Trinajstić information content (AvgIpc) is 2.46. The van der Waals surface area contributed by atoms with E-state index < -0.39 is 6.04 Å². The molecule has 5 heteroatoms.